The molecule has 3 heteroatoms. The molecular formula is C14H18ClNO. The average molecular weight is 252 g/mol. The van der Waals surface area contributed by atoms with E-state index in [0.29, 0.717) is 12.2 Å². The third-order valence-corrected chi connectivity index (χ3v) is 2.88. The van der Waals surface area contributed by atoms with Crippen molar-refractivity contribution < 1.29 is 4.74 Å². The highest BCUT2D eigenvalue weighted by Crippen LogP contribution is 2.24. The lowest BCUT2D eigenvalue weighted by Crippen LogP contribution is -2.01. The van der Waals surface area contributed by atoms with Gasteiger partial charge in [-0.25, -0.2) is 0 Å². The molecule has 1 aromatic rings. The van der Waals surface area contributed by atoms with E-state index in [2.05, 4.69) is 6.07 Å². The second kappa shape index (κ2) is 7.19. The standard InChI is InChI=1S/C14H18ClNO/c1-11-8-13(10-16)9-12(2)14(11)17-7-5-3-4-6-15/h8-9H,3-7H2,1-2H3. The minimum absolute atomic E-state index is 0.689. The molecule has 92 valence electrons. The Bertz CT molecular complexity index is 386. The lowest BCUT2D eigenvalue weighted by atomic mass is 10.1. The van der Waals surface area contributed by atoms with E-state index < -0.39 is 0 Å². The van der Waals surface area contributed by atoms with Gasteiger partial charge in [0.25, 0.3) is 0 Å². The van der Waals surface area contributed by atoms with E-state index in [0.717, 1.165) is 42.0 Å². The molecule has 0 spiro atoms. The molecular weight excluding hydrogens is 234 g/mol. The first-order valence-electron chi connectivity index (χ1n) is 5.89. The van der Waals surface area contributed by atoms with Crippen molar-refractivity contribution in [1.82, 2.24) is 0 Å². The minimum atomic E-state index is 0.689. The Kier molecular flexibility index (Phi) is 5.86. The van der Waals surface area contributed by atoms with Crippen LogP contribution in [-0.4, -0.2) is 12.5 Å². The molecule has 1 aromatic carbocycles. The summed E-state index contributed by atoms with van der Waals surface area (Å²) < 4.78 is 5.76. The summed E-state index contributed by atoms with van der Waals surface area (Å²) >= 11 is 5.61. The summed E-state index contributed by atoms with van der Waals surface area (Å²) in [5.74, 6) is 1.63. The molecule has 2 nitrogen and oxygen atoms in total. The van der Waals surface area contributed by atoms with Gasteiger partial charge >= 0.3 is 0 Å². The molecule has 0 N–H and O–H groups in total. The number of halogens is 1. The van der Waals surface area contributed by atoms with Crippen LogP contribution >= 0.6 is 11.6 Å². The number of benzene rings is 1. The van der Waals surface area contributed by atoms with E-state index in [9.17, 15) is 0 Å². The maximum absolute atomic E-state index is 8.85. The highest BCUT2D eigenvalue weighted by Gasteiger charge is 2.06. The fourth-order valence-electron chi connectivity index (χ4n) is 1.79. The van der Waals surface area contributed by atoms with Crippen LogP contribution in [0.15, 0.2) is 12.1 Å². The zero-order chi connectivity index (χ0) is 12.7. The average Bonchev–Trinajstić information content (AvgIpc) is 2.31. The van der Waals surface area contributed by atoms with Crippen LogP contribution in [0.25, 0.3) is 0 Å². The zero-order valence-corrected chi connectivity index (χ0v) is 11.2. The molecule has 0 atom stereocenters. The molecule has 0 fully saturated rings. The molecule has 0 saturated carbocycles. The van der Waals surface area contributed by atoms with Crippen LogP contribution in [0.2, 0.25) is 0 Å². The molecule has 0 aliphatic heterocycles. The number of alkyl halides is 1. The molecule has 0 aliphatic carbocycles. The minimum Gasteiger partial charge on any atom is -0.493 e. The number of hydrogen-bond acceptors (Lipinski definition) is 2. The molecule has 0 radical (unpaired) electrons. The molecule has 0 saturated heterocycles. The van der Waals surface area contributed by atoms with Crippen molar-refractivity contribution in [3.63, 3.8) is 0 Å². The number of nitriles is 1. The fourth-order valence-corrected chi connectivity index (χ4v) is 1.98. The van der Waals surface area contributed by atoms with E-state index in [4.69, 9.17) is 21.6 Å². The number of ether oxygens (including phenoxy) is 1. The topological polar surface area (TPSA) is 33.0 Å². The molecule has 1 rings (SSSR count). The summed E-state index contributed by atoms with van der Waals surface area (Å²) in [6.45, 7) is 4.66. The smallest absolute Gasteiger partial charge is 0.125 e. The van der Waals surface area contributed by atoms with Crippen LogP contribution in [0.4, 0.5) is 0 Å². The van der Waals surface area contributed by atoms with Crippen molar-refractivity contribution in [3.05, 3.63) is 28.8 Å². The SMILES string of the molecule is Cc1cc(C#N)cc(C)c1OCCCCCCl. The highest BCUT2D eigenvalue weighted by atomic mass is 35.5. The van der Waals surface area contributed by atoms with Gasteiger partial charge in [0.1, 0.15) is 5.75 Å². The maximum Gasteiger partial charge on any atom is 0.125 e. The lowest BCUT2D eigenvalue weighted by molar-refractivity contribution is 0.302. The van der Waals surface area contributed by atoms with Crippen molar-refractivity contribution >= 4 is 11.6 Å². The van der Waals surface area contributed by atoms with Gasteiger partial charge in [-0.15, -0.1) is 11.6 Å². The highest BCUT2D eigenvalue weighted by molar-refractivity contribution is 6.17. The van der Waals surface area contributed by atoms with Crippen molar-refractivity contribution in [3.8, 4) is 11.8 Å². The fraction of sp³-hybridized carbons (Fsp3) is 0.500. The summed E-state index contributed by atoms with van der Waals surface area (Å²) in [6, 6.07) is 5.87. The molecule has 0 aromatic heterocycles. The van der Waals surface area contributed by atoms with Crippen LogP contribution in [0.1, 0.15) is 36.0 Å². The van der Waals surface area contributed by atoms with E-state index in [-0.39, 0.29) is 0 Å². The van der Waals surface area contributed by atoms with Crippen LogP contribution < -0.4 is 4.74 Å². The van der Waals surface area contributed by atoms with Gasteiger partial charge in [-0.05, 0) is 56.4 Å². The Balaban J connectivity index is 2.57. The van der Waals surface area contributed by atoms with Gasteiger partial charge in [0.15, 0.2) is 0 Å². The van der Waals surface area contributed by atoms with E-state index in [1.54, 1.807) is 0 Å². The summed E-state index contributed by atoms with van der Waals surface area (Å²) in [7, 11) is 0. The van der Waals surface area contributed by atoms with Crippen molar-refractivity contribution in [2.75, 3.05) is 12.5 Å². The Morgan fingerprint density at radius 3 is 2.35 bits per heavy atom. The second-order valence-electron chi connectivity index (χ2n) is 4.15. The predicted octanol–water partition coefficient (Wildman–Crippen LogP) is 3.96. The third-order valence-electron chi connectivity index (χ3n) is 2.61. The van der Waals surface area contributed by atoms with E-state index in [1.165, 1.54) is 0 Å². The Labute approximate surface area is 108 Å². The summed E-state index contributed by atoms with van der Waals surface area (Å²) in [5, 5.41) is 8.85. The number of hydrogen-bond donors (Lipinski definition) is 0. The lowest BCUT2D eigenvalue weighted by Gasteiger charge is -2.12. The molecule has 0 heterocycles. The third kappa shape index (κ3) is 4.28. The molecule has 17 heavy (non-hydrogen) atoms. The quantitative estimate of drug-likeness (QED) is 0.566. The molecule has 0 bridgehead atoms. The van der Waals surface area contributed by atoms with Gasteiger partial charge in [0.05, 0.1) is 18.2 Å². The van der Waals surface area contributed by atoms with E-state index in [1.807, 2.05) is 26.0 Å². The van der Waals surface area contributed by atoms with Gasteiger partial charge < -0.3 is 4.74 Å². The Morgan fingerprint density at radius 1 is 1.18 bits per heavy atom. The van der Waals surface area contributed by atoms with Crippen LogP contribution in [0, 0.1) is 25.2 Å². The van der Waals surface area contributed by atoms with Crippen LogP contribution in [-0.2, 0) is 0 Å². The van der Waals surface area contributed by atoms with Crippen molar-refractivity contribution in [2.24, 2.45) is 0 Å². The Hall–Kier alpha value is -1.20. The zero-order valence-electron chi connectivity index (χ0n) is 10.4. The maximum atomic E-state index is 8.85. The van der Waals surface area contributed by atoms with E-state index >= 15 is 0 Å². The van der Waals surface area contributed by atoms with Crippen LogP contribution in [0.3, 0.4) is 0 Å². The summed E-state index contributed by atoms with van der Waals surface area (Å²) in [4.78, 5) is 0. The van der Waals surface area contributed by atoms with Crippen molar-refractivity contribution in [2.45, 2.75) is 33.1 Å². The predicted molar refractivity (Wildman–Crippen MR) is 70.7 cm³/mol. The number of unbranched alkanes of at least 4 members (excludes halogenated alkanes) is 2. The molecule has 0 unspecified atom stereocenters. The van der Waals surface area contributed by atoms with Crippen molar-refractivity contribution in [1.29, 1.82) is 5.26 Å². The first-order chi connectivity index (χ1) is 8.19. The number of aryl methyl sites for hydroxylation is 2. The number of rotatable bonds is 6. The van der Waals surface area contributed by atoms with Gasteiger partial charge in [-0.3, -0.25) is 0 Å². The van der Waals surface area contributed by atoms with Gasteiger partial charge in [0.2, 0.25) is 0 Å². The van der Waals surface area contributed by atoms with Gasteiger partial charge in [-0.1, -0.05) is 0 Å². The number of nitrogens with zero attached hydrogens (tertiary/aromatic N) is 1. The van der Waals surface area contributed by atoms with Crippen LogP contribution in [0.5, 0.6) is 5.75 Å². The summed E-state index contributed by atoms with van der Waals surface area (Å²) in [5.41, 5.74) is 2.74. The van der Waals surface area contributed by atoms with Gasteiger partial charge in [-0.2, -0.15) is 5.26 Å². The normalized spacial score (nSPS) is 10.0. The molecule has 0 amide bonds. The Morgan fingerprint density at radius 2 is 1.82 bits per heavy atom. The first kappa shape index (κ1) is 13.9. The summed E-state index contributed by atoms with van der Waals surface area (Å²) in [6.07, 6.45) is 3.15. The van der Waals surface area contributed by atoms with Gasteiger partial charge in [0, 0.05) is 5.88 Å². The molecule has 0 aliphatic rings. The largest absolute Gasteiger partial charge is 0.493 e. The monoisotopic (exact) mass is 251 g/mol. The second-order valence-corrected chi connectivity index (χ2v) is 4.53. The first-order valence-corrected chi connectivity index (χ1v) is 6.42.